The molecule has 0 aliphatic rings. The Morgan fingerprint density at radius 1 is 1.33 bits per heavy atom. The van der Waals surface area contributed by atoms with E-state index in [1.165, 1.54) is 14.2 Å². The van der Waals surface area contributed by atoms with Crippen LogP contribution >= 0.6 is 0 Å². The van der Waals surface area contributed by atoms with Gasteiger partial charge in [-0.2, -0.15) is 0 Å². The molecule has 1 unspecified atom stereocenters. The molecule has 0 heterocycles. The fraction of sp³-hybridized carbons (Fsp3) is 0.250. The van der Waals surface area contributed by atoms with Crippen LogP contribution < -0.4 is 14.2 Å². The Morgan fingerprint density at radius 2 is 2.00 bits per heavy atom. The van der Waals surface area contributed by atoms with Gasteiger partial charge in [0.05, 0.1) is 19.9 Å². The minimum absolute atomic E-state index is 0. The first-order chi connectivity index (χ1) is 6.67. The third-order valence-electron chi connectivity index (χ3n) is 1.60. The molecule has 79 valence electrons. The van der Waals surface area contributed by atoms with Gasteiger partial charge in [-0.25, -0.2) is 0 Å². The minimum Gasteiger partial charge on any atom is -0.755 e. The van der Waals surface area contributed by atoms with Crippen molar-refractivity contribution in [2.24, 2.45) is 0 Å². The van der Waals surface area contributed by atoms with Gasteiger partial charge in [-0.15, -0.1) is 0 Å². The predicted molar refractivity (Wildman–Crippen MR) is 57.8 cm³/mol. The summed E-state index contributed by atoms with van der Waals surface area (Å²) in [7, 11) is 2.97. The summed E-state index contributed by atoms with van der Waals surface area (Å²) in [5.41, 5.74) is 0.377. The smallest absolute Gasteiger partial charge is 0.146 e. The summed E-state index contributed by atoms with van der Waals surface area (Å²) < 4.78 is 32.9. The van der Waals surface area contributed by atoms with Crippen LogP contribution in [0.5, 0.6) is 11.5 Å². The van der Waals surface area contributed by atoms with E-state index in [2.05, 4.69) is 4.72 Å². The fourth-order valence-electron chi connectivity index (χ4n) is 0.973. The van der Waals surface area contributed by atoms with Gasteiger partial charge >= 0.3 is 0 Å². The largest absolute Gasteiger partial charge is 0.755 e. The van der Waals surface area contributed by atoms with Crippen molar-refractivity contribution in [1.29, 1.82) is 0 Å². The molecule has 0 bridgehead atoms. The van der Waals surface area contributed by atoms with Crippen molar-refractivity contribution in [1.82, 2.24) is 0 Å². The maximum atomic E-state index is 10.4. The third kappa shape index (κ3) is 4.40. The second-order valence-corrected chi connectivity index (χ2v) is 3.08. The molecule has 15 heavy (non-hydrogen) atoms. The Balaban J connectivity index is 0.00000196. The molecule has 0 spiro atoms. The Hall–Kier alpha value is -0.270. The van der Waals surface area contributed by atoms with Crippen LogP contribution in [0.4, 0.5) is 5.69 Å². The molecule has 1 aromatic rings. The molecule has 0 fully saturated rings. The maximum absolute atomic E-state index is 10.4. The number of hydrogen-bond acceptors (Lipinski definition) is 4. The molecule has 1 aromatic carbocycles. The van der Waals surface area contributed by atoms with Crippen LogP contribution in [0.3, 0.4) is 0 Å². The van der Waals surface area contributed by atoms with E-state index in [0.29, 0.717) is 17.2 Å². The van der Waals surface area contributed by atoms with Crippen LogP contribution in [-0.4, -0.2) is 52.5 Å². The molecule has 0 aliphatic carbocycles. The van der Waals surface area contributed by atoms with E-state index in [1.807, 2.05) is 0 Å². The zero-order chi connectivity index (χ0) is 10.6. The topological polar surface area (TPSA) is 70.6 Å². The second kappa shape index (κ2) is 7.08. The van der Waals surface area contributed by atoms with E-state index in [-0.39, 0.29) is 29.6 Å². The number of ether oxygens (including phenoxy) is 2. The number of nitrogens with one attached hydrogen (secondary N) is 1. The van der Waals surface area contributed by atoms with Crippen LogP contribution in [0.15, 0.2) is 18.2 Å². The molecule has 0 saturated carbocycles. The SMILES string of the molecule is COc1ccc(NS(=O)[O-])c(OC)c1.[Na]. The Labute approximate surface area is 113 Å². The number of hydrogen-bond donors (Lipinski definition) is 1. The van der Waals surface area contributed by atoms with E-state index in [0.717, 1.165) is 0 Å². The zero-order valence-electron chi connectivity index (χ0n) is 8.77. The molecule has 0 amide bonds. The molecule has 1 N–H and O–H groups in total. The molecule has 7 heteroatoms. The summed E-state index contributed by atoms with van der Waals surface area (Å²) in [4.78, 5) is 0. The first-order valence-corrected chi connectivity index (χ1v) is 4.83. The van der Waals surface area contributed by atoms with E-state index in [4.69, 9.17) is 9.47 Å². The van der Waals surface area contributed by atoms with Gasteiger partial charge in [0, 0.05) is 46.9 Å². The van der Waals surface area contributed by atoms with Crippen LogP contribution in [0, 0.1) is 0 Å². The molecular formula is C8H10NNaO4S-. The van der Waals surface area contributed by atoms with Gasteiger partial charge in [0.1, 0.15) is 11.5 Å². The van der Waals surface area contributed by atoms with Gasteiger partial charge in [0.2, 0.25) is 0 Å². The van der Waals surface area contributed by atoms with Crippen LogP contribution in [-0.2, 0) is 11.3 Å². The van der Waals surface area contributed by atoms with Gasteiger partial charge < -0.3 is 18.7 Å². The summed E-state index contributed by atoms with van der Waals surface area (Å²) in [6, 6.07) is 4.79. The molecule has 1 radical (unpaired) electrons. The van der Waals surface area contributed by atoms with Crippen molar-refractivity contribution in [3.05, 3.63) is 18.2 Å². The van der Waals surface area contributed by atoms with Crippen molar-refractivity contribution in [2.45, 2.75) is 0 Å². The maximum Gasteiger partial charge on any atom is 0.146 e. The number of benzene rings is 1. The van der Waals surface area contributed by atoms with Crippen molar-refractivity contribution < 1.29 is 18.2 Å². The van der Waals surface area contributed by atoms with E-state index < -0.39 is 11.3 Å². The van der Waals surface area contributed by atoms with Crippen LogP contribution in [0.2, 0.25) is 0 Å². The average molecular weight is 239 g/mol. The Kier molecular flexibility index (Phi) is 6.95. The van der Waals surface area contributed by atoms with E-state index >= 15 is 0 Å². The summed E-state index contributed by atoms with van der Waals surface area (Å²) in [6.45, 7) is 0. The van der Waals surface area contributed by atoms with Crippen LogP contribution in [0.25, 0.3) is 0 Å². The van der Waals surface area contributed by atoms with Crippen molar-refractivity contribution in [2.75, 3.05) is 18.9 Å². The summed E-state index contributed by atoms with van der Waals surface area (Å²) >= 11 is -2.36. The summed E-state index contributed by atoms with van der Waals surface area (Å²) in [6.07, 6.45) is 0. The Bertz CT molecular complexity index is 347. The normalized spacial score (nSPS) is 11.1. The average Bonchev–Trinajstić information content (AvgIpc) is 2.17. The molecule has 0 saturated heterocycles. The zero-order valence-corrected chi connectivity index (χ0v) is 11.6. The quantitative estimate of drug-likeness (QED) is 0.614. The monoisotopic (exact) mass is 239 g/mol. The first-order valence-electron chi connectivity index (χ1n) is 3.75. The molecular weight excluding hydrogens is 229 g/mol. The number of anilines is 1. The standard InChI is InChI=1S/C8H11NO4S.Na/c1-12-6-3-4-7(9-14(10)11)8(5-6)13-2;/h3-5,9H,1-2H3,(H,10,11);/p-1. The van der Waals surface area contributed by atoms with Crippen molar-refractivity contribution >= 4 is 46.5 Å². The van der Waals surface area contributed by atoms with Crippen molar-refractivity contribution in [3.8, 4) is 11.5 Å². The number of methoxy groups -OCH3 is 2. The van der Waals surface area contributed by atoms with Gasteiger partial charge in [0.15, 0.2) is 0 Å². The molecule has 1 rings (SSSR count). The first kappa shape index (κ1) is 14.7. The molecule has 0 aromatic heterocycles. The van der Waals surface area contributed by atoms with Crippen molar-refractivity contribution in [3.63, 3.8) is 0 Å². The van der Waals surface area contributed by atoms with E-state index in [9.17, 15) is 8.76 Å². The van der Waals surface area contributed by atoms with Gasteiger partial charge in [-0.05, 0) is 12.1 Å². The fourth-order valence-corrected chi connectivity index (χ4v) is 1.32. The predicted octanol–water partition coefficient (Wildman–Crippen LogP) is 0.529. The van der Waals surface area contributed by atoms with Crippen LogP contribution in [0.1, 0.15) is 0 Å². The van der Waals surface area contributed by atoms with Gasteiger partial charge in [0.25, 0.3) is 0 Å². The van der Waals surface area contributed by atoms with Gasteiger partial charge in [-0.3, -0.25) is 4.21 Å². The number of rotatable bonds is 4. The summed E-state index contributed by atoms with van der Waals surface area (Å²) in [5, 5.41) is 0. The Morgan fingerprint density at radius 3 is 2.47 bits per heavy atom. The van der Waals surface area contributed by atoms with Gasteiger partial charge in [-0.1, -0.05) is 0 Å². The second-order valence-electron chi connectivity index (χ2n) is 2.40. The summed E-state index contributed by atoms with van der Waals surface area (Å²) in [5.74, 6) is 1.01. The van der Waals surface area contributed by atoms with E-state index in [1.54, 1.807) is 18.2 Å². The molecule has 5 nitrogen and oxygen atoms in total. The third-order valence-corrected chi connectivity index (χ3v) is 1.99. The molecule has 0 aliphatic heterocycles. The minimum atomic E-state index is -2.36. The molecule has 1 atom stereocenters.